The molecule has 0 bridgehead atoms. The Hall–Kier alpha value is 0.400. The van der Waals surface area contributed by atoms with Gasteiger partial charge in [0.2, 0.25) is 5.30 Å². The van der Waals surface area contributed by atoms with Gasteiger partial charge in [0.1, 0.15) is 0 Å². The summed E-state index contributed by atoms with van der Waals surface area (Å²) in [5.74, 6) is 0. The molecule has 0 amide bonds. The van der Waals surface area contributed by atoms with Gasteiger partial charge in [0.05, 0.1) is 0 Å². The molecule has 2 N–H and O–H groups in total. The van der Waals surface area contributed by atoms with E-state index in [1.165, 1.54) is 0 Å². The summed E-state index contributed by atoms with van der Waals surface area (Å²) < 4.78 is 15.0. The van der Waals surface area contributed by atoms with E-state index in [1.807, 2.05) is 6.92 Å². The van der Waals surface area contributed by atoms with Crippen molar-refractivity contribution >= 4 is 19.2 Å². The van der Waals surface area contributed by atoms with Crippen molar-refractivity contribution in [2.24, 2.45) is 0 Å². The first-order chi connectivity index (χ1) is 4.98. The lowest BCUT2D eigenvalue weighted by Crippen LogP contribution is -2.06. The predicted molar refractivity (Wildman–Crippen MR) is 42.5 cm³/mol. The second-order valence-corrected chi connectivity index (χ2v) is 4.45. The summed E-state index contributed by atoms with van der Waals surface area (Å²) >= 11 is 5.21. The molecule has 1 unspecified atom stereocenters. The first kappa shape index (κ1) is 11.4. The first-order valence-corrected chi connectivity index (χ1v) is 5.41. The lowest BCUT2D eigenvalue weighted by Gasteiger charge is -2.11. The lowest BCUT2D eigenvalue weighted by atomic mass is 10.4. The number of hydrogen-bond donors (Lipinski definition) is 2. The van der Waals surface area contributed by atoms with Crippen LogP contribution in [0, 0.1) is 0 Å². The van der Waals surface area contributed by atoms with Crippen molar-refractivity contribution in [3.05, 3.63) is 0 Å². The summed E-state index contributed by atoms with van der Waals surface area (Å²) in [6.45, 7) is 2.24. The van der Waals surface area contributed by atoms with Gasteiger partial charge in [-0.2, -0.15) is 0 Å². The Bertz CT molecular complexity index is 145. The summed E-state index contributed by atoms with van der Waals surface area (Å²) in [5.41, 5.74) is 0. The third-order valence-corrected chi connectivity index (χ3v) is 2.58. The monoisotopic (exact) mass is 202 g/mol. The van der Waals surface area contributed by atoms with Crippen molar-refractivity contribution in [2.45, 2.75) is 25.1 Å². The predicted octanol–water partition coefficient (Wildman–Crippen LogP) is 1.50. The van der Waals surface area contributed by atoms with Gasteiger partial charge in [-0.05, 0) is 6.42 Å². The van der Waals surface area contributed by atoms with Crippen molar-refractivity contribution in [1.29, 1.82) is 0 Å². The Balaban J connectivity index is 3.53. The van der Waals surface area contributed by atoms with Crippen LogP contribution in [0.15, 0.2) is 0 Å². The maximum absolute atomic E-state index is 10.4. The standard InChI is InChI=1S/C5H12ClO4P/c1-2-3-4-10-5(6)11(7,8)9/h5H,2-4H2,1H3,(H2,7,8,9). The molecule has 0 heterocycles. The van der Waals surface area contributed by atoms with Gasteiger partial charge in [-0.15, -0.1) is 0 Å². The summed E-state index contributed by atoms with van der Waals surface area (Å²) in [4.78, 5) is 16.9. The topological polar surface area (TPSA) is 66.8 Å². The smallest absolute Gasteiger partial charge is 0.352 e. The van der Waals surface area contributed by atoms with Crippen LogP contribution in [0.5, 0.6) is 0 Å². The highest BCUT2D eigenvalue weighted by Crippen LogP contribution is 2.43. The van der Waals surface area contributed by atoms with E-state index in [1.54, 1.807) is 0 Å². The van der Waals surface area contributed by atoms with Crippen LogP contribution in [0.3, 0.4) is 0 Å². The van der Waals surface area contributed by atoms with Gasteiger partial charge in [-0.3, -0.25) is 4.57 Å². The van der Waals surface area contributed by atoms with Gasteiger partial charge in [0.15, 0.2) is 0 Å². The fraction of sp³-hybridized carbons (Fsp3) is 1.00. The first-order valence-electron chi connectivity index (χ1n) is 3.29. The number of ether oxygens (including phenoxy) is 1. The second kappa shape index (κ2) is 5.12. The van der Waals surface area contributed by atoms with Gasteiger partial charge >= 0.3 is 7.60 Å². The van der Waals surface area contributed by atoms with Gasteiger partial charge in [-0.1, -0.05) is 24.9 Å². The van der Waals surface area contributed by atoms with Crippen LogP contribution in [0.4, 0.5) is 0 Å². The van der Waals surface area contributed by atoms with E-state index < -0.39 is 12.9 Å². The Kier molecular flexibility index (Phi) is 5.30. The molecular weight excluding hydrogens is 190 g/mol. The Labute approximate surface area is 70.7 Å². The van der Waals surface area contributed by atoms with E-state index in [-0.39, 0.29) is 6.61 Å². The minimum Gasteiger partial charge on any atom is -0.352 e. The third kappa shape index (κ3) is 5.65. The maximum Gasteiger partial charge on any atom is 0.369 e. The number of unbranched alkanes of at least 4 members (excludes halogenated alkanes) is 1. The van der Waals surface area contributed by atoms with Crippen LogP contribution in [0.1, 0.15) is 19.8 Å². The van der Waals surface area contributed by atoms with Gasteiger partial charge in [0, 0.05) is 6.61 Å². The van der Waals surface area contributed by atoms with Crippen LogP contribution >= 0.6 is 19.2 Å². The molecule has 1 atom stereocenters. The average Bonchev–Trinajstić information content (AvgIpc) is 1.86. The second-order valence-electron chi connectivity index (χ2n) is 2.11. The molecule has 0 radical (unpaired) electrons. The fourth-order valence-electron chi connectivity index (χ4n) is 0.422. The molecule has 0 saturated carbocycles. The zero-order chi connectivity index (χ0) is 8.91. The fourth-order valence-corrected chi connectivity index (χ4v) is 0.811. The Morgan fingerprint density at radius 2 is 2.18 bits per heavy atom. The number of halogens is 1. The summed E-state index contributed by atoms with van der Waals surface area (Å²) in [6, 6.07) is 0. The Morgan fingerprint density at radius 3 is 2.55 bits per heavy atom. The molecule has 0 aliphatic carbocycles. The lowest BCUT2D eigenvalue weighted by molar-refractivity contribution is 0.129. The molecule has 0 spiro atoms. The molecule has 11 heavy (non-hydrogen) atoms. The molecule has 0 aromatic carbocycles. The SMILES string of the molecule is CCCCOC(Cl)P(=O)(O)O. The molecule has 0 aromatic heterocycles. The summed E-state index contributed by atoms with van der Waals surface area (Å²) in [5, 5.41) is -1.49. The highest BCUT2D eigenvalue weighted by atomic mass is 35.5. The van der Waals surface area contributed by atoms with E-state index in [4.69, 9.17) is 21.4 Å². The summed E-state index contributed by atoms with van der Waals surface area (Å²) in [7, 11) is -4.25. The van der Waals surface area contributed by atoms with E-state index in [0.29, 0.717) is 0 Å². The van der Waals surface area contributed by atoms with Crippen LogP contribution in [0.25, 0.3) is 0 Å². The van der Waals surface area contributed by atoms with Crippen molar-refractivity contribution in [3.8, 4) is 0 Å². The molecule has 0 aromatic rings. The molecule has 0 aliphatic heterocycles. The van der Waals surface area contributed by atoms with Crippen LogP contribution in [0.2, 0.25) is 0 Å². The van der Waals surface area contributed by atoms with Crippen LogP contribution in [-0.4, -0.2) is 21.7 Å². The summed E-state index contributed by atoms with van der Waals surface area (Å²) in [6.07, 6.45) is 1.66. The minimum atomic E-state index is -4.25. The van der Waals surface area contributed by atoms with E-state index in [0.717, 1.165) is 12.8 Å². The molecule has 0 aliphatic rings. The minimum absolute atomic E-state index is 0.287. The average molecular weight is 203 g/mol. The Morgan fingerprint density at radius 1 is 1.64 bits per heavy atom. The maximum atomic E-state index is 10.4. The van der Waals surface area contributed by atoms with E-state index in [2.05, 4.69) is 4.74 Å². The van der Waals surface area contributed by atoms with E-state index in [9.17, 15) is 4.57 Å². The van der Waals surface area contributed by atoms with Crippen molar-refractivity contribution in [2.75, 3.05) is 6.61 Å². The molecule has 4 nitrogen and oxygen atoms in total. The molecule has 68 valence electrons. The number of hydrogen-bond acceptors (Lipinski definition) is 2. The van der Waals surface area contributed by atoms with Crippen molar-refractivity contribution in [1.82, 2.24) is 0 Å². The molecule has 6 heteroatoms. The highest BCUT2D eigenvalue weighted by Gasteiger charge is 2.26. The number of alkyl halides is 1. The van der Waals surface area contributed by atoms with Gasteiger partial charge in [-0.25, -0.2) is 0 Å². The zero-order valence-corrected chi connectivity index (χ0v) is 7.89. The number of rotatable bonds is 5. The van der Waals surface area contributed by atoms with Gasteiger partial charge in [0.25, 0.3) is 0 Å². The van der Waals surface area contributed by atoms with Crippen molar-refractivity contribution in [3.63, 3.8) is 0 Å². The quantitative estimate of drug-likeness (QED) is 0.403. The third-order valence-electron chi connectivity index (χ3n) is 1.02. The molecule has 0 saturated heterocycles. The normalized spacial score (nSPS) is 14.9. The highest BCUT2D eigenvalue weighted by molar-refractivity contribution is 7.54. The van der Waals surface area contributed by atoms with Crippen LogP contribution < -0.4 is 0 Å². The molecule has 0 rings (SSSR count). The zero-order valence-electron chi connectivity index (χ0n) is 6.23. The molecule has 0 fully saturated rings. The largest absolute Gasteiger partial charge is 0.369 e. The van der Waals surface area contributed by atoms with E-state index >= 15 is 0 Å². The molecular formula is C5H12ClO4P. The van der Waals surface area contributed by atoms with Crippen LogP contribution in [-0.2, 0) is 9.30 Å². The van der Waals surface area contributed by atoms with Gasteiger partial charge < -0.3 is 14.5 Å². The van der Waals surface area contributed by atoms with Crippen molar-refractivity contribution < 1.29 is 19.1 Å².